The molecule has 704 valence electrons. The molecule has 27 nitrogen and oxygen atoms in total. The summed E-state index contributed by atoms with van der Waals surface area (Å²) in [6.45, 7) is 16.6. The maximum Gasteiger partial charge on any atom is 0.259 e. The van der Waals surface area contributed by atoms with E-state index in [1.54, 1.807) is 68.5 Å². The number of carbonyl (C=O) groups excluding carboxylic acids is 2. The molecule has 0 atom stereocenters. The van der Waals surface area contributed by atoms with Crippen molar-refractivity contribution in [3.8, 4) is 34.3 Å². The van der Waals surface area contributed by atoms with Crippen molar-refractivity contribution in [1.82, 2.24) is 58.6 Å². The van der Waals surface area contributed by atoms with E-state index in [0.717, 1.165) is 45.9 Å². The molecule has 0 spiro atoms. The Hall–Kier alpha value is -10.6. The van der Waals surface area contributed by atoms with Crippen LogP contribution in [0, 0.1) is 122 Å². The number of nitrogens with two attached hydrogens (primary N) is 3. The van der Waals surface area contributed by atoms with Crippen LogP contribution in [-0.4, -0.2) is 117 Å². The molecule has 0 fully saturated rings. The van der Waals surface area contributed by atoms with E-state index in [9.17, 15) is 77.4 Å². The normalized spacial score (nSPS) is 11.5. The minimum absolute atomic E-state index is 0.00436. The van der Waals surface area contributed by atoms with Crippen LogP contribution in [0.15, 0.2) is 137 Å². The number of carbonyl (C=O) groups is 2. The maximum absolute atomic E-state index is 15.4. The molecule has 13 rings (SSSR count). The summed E-state index contributed by atoms with van der Waals surface area (Å²) >= 11 is 37.7. The minimum Gasteiger partial charge on any atom is -0.508 e. The molecule has 0 aliphatic carbocycles. The molecule has 13 heterocycles. The van der Waals surface area contributed by atoms with Crippen molar-refractivity contribution in [2.45, 2.75) is 122 Å². The molecular weight excluding hydrogens is 2130 g/mol. The molecule has 0 amide bonds. The number of nitrogen functional groups attached to an aromatic ring is 3. The van der Waals surface area contributed by atoms with E-state index in [4.69, 9.17) is 127 Å². The van der Waals surface area contributed by atoms with E-state index in [2.05, 4.69) is 44.9 Å². The zero-order valence-corrected chi connectivity index (χ0v) is 81.9. The Morgan fingerprint density at radius 3 is 1.34 bits per heavy atom. The summed E-state index contributed by atoms with van der Waals surface area (Å²) in [4.78, 5) is 98.1. The first-order valence-corrected chi connectivity index (χ1v) is 51.2. The van der Waals surface area contributed by atoms with Gasteiger partial charge in [0.1, 0.15) is 58.6 Å². The number of aromatic hydroxyl groups is 1. The number of nitrogens with zero attached hydrogens (tertiary/aromatic N) is 12. The zero-order valence-electron chi connectivity index (χ0n) is 71.5. The number of allylic oxidation sites excluding steroid dienone is 1. The Kier molecular flexibility index (Phi) is 42.8. The van der Waals surface area contributed by atoms with Gasteiger partial charge in [-0.15, -0.1) is 11.6 Å². The quantitative estimate of drug-likeness (QED) is 0.0156. The van der Waals surface area contributed by atoms with Crippen molar-refractivity contribution < 1.29 is 96.4 Å². The molecule has 12 aromatic heterocycles. The van der Waals surface area contributed by atoms with Crippen LogP contribution in [0.3, 0.4) is 0 Å². The SMILES string of the molecule is CB(O)O.CC(=O)CC1=CC(=O)OC(C)(C)O1.Cc1cn[c]([Sn]([CH3])([CH3])[CH3])c(F)c1-n1c(C)cc(OCc2ncc(F)cc2F)c(Cl)c1=O.Cc1cnc(Cl)c(F)c1-n1c(C)cc(O)cc1=O.Cc1cnc(Cl)c(F)c1-n1c(C)cc(OCc2ncc(F)cc2F)cc1=O.Cc1cnc(Cl)c(F)c1N.Fc1cnc(CCl)c(F)c1.Nc1c(I)cnc(Cl)c1F.Nc1ccnc(Cl)c1F. The smallest absolute Gasteiger partial charge is 0.259 e. The van der Waals surface area contributed by atoms with Crippen LogP contribution < -0.4 is 47.1 Å². The zero-order chi connectivity index (χ0) is 99.7. The molecule has 0 radical (unpaired) electrons. The number of ketones is 1. The summed E-state index contributed by atoms with van der Waals surface area (Å²) in [5, 5.41) is 23.1. The van der Waals surface area contributed by atoms with Crippen molar-refractivity contribution in [2.24, 2.45) is 0 Å². The number of alkyl halides is 1. The van der Waals surface area contributed by atoms with Gasteiger partial charge in [-0.05, 0) is 99.8 Å². The summed E-state index contributed by atoms with van der Waals surface area (Å²) < 4.78 is 185. The van der Waals surface area contributed by atoms with Gasteiger partial charge >= 0.3 is 190 Å². The van der Waals surface area contributed by atoms with E-state index in [1.807, 2.05) is 37.4 Å². The number of ether oxygens (including phenoxy) is 4. The fraction of sp³-hybridized carbons (Fsp3) is 0.229. The number of hydrogen-bond acceptors (Lipinski definition) is 24. The Morgan fingerprint density at radius 1 is 0.515 bits per heavy atom. The van der Waals surface area contributed by atoms with Crippen LogP contribution >= 0.6 is 104 Å². The standard InChI is InChI=1S/C18H13ClF3N3O2.C18H12ClF3N3O2.C12H10ClFN2O2.C9H12O4.C6H4ClF2N.C6H6ClFN2.C5H3ClFIN2.C5H4ClFN2.CH5BO2.3CH3.Sn/c1-9-6-24-18(19)16(22)17(9)25-10(2)3-12(5-15(25)26)27-8-14-13(21)4-11(20)7-23-14;1-9-5-23-7-13(22)17(9)25-10(2)3-15(16(19)18(25)26)27-8-14-12(21)4-11(20)6-24-14;1-6-5-15-12(13)10(14)11(6)16-7(2)3-8(17)4-9(16)18;1-6(10)4-7-5-8(11)13-9(2,3)12-7;7-2-6-5(9)1-4(8)3-10-6;1-3-2-10-6(7)4(8)5(3)9;6-5-3(7)4(9)2(8)1-10-5;6-5-4(7)3(8)1-2-9-5;1-2(3)4;;;;/h3-7H,8H2,1-2H3;3-6H,8H2,1-2H3;3-5,17H,1-2H3;5H,4H2,1-3H3;1,3H,2H2;2H,1H3,(H2,9,10);1H,(H2,9,10);1-2H,(H2,8,9);3-4H,1H3;3*1H3;. The number of pyridine rings is 12. The fourth-order valence-corrected chi connectivity index (χ4v) is 15.6. The number of Topliss-reactive ketones (excluding diaryl/α,β-unsaturated/α-hetero) is 1. The van der Waals surface area contributed by atoms with Gasteiger partial charge in [0.2, 0.25) is 5.79 Å². The third-order valence-electron chi connectivity index (χ3n) is 16.5. The van der Waals surface area contributed by atoms with Crippen molar-refractivity contribution in [3.05, 3.63) is 314 Å². The molecule has 12 aromatic rings. The van der Waals surface area contributed by atoms with Gasteiger partial charge in [-0.1, -0.05) is 58.0 Å². The topological polar surface area (TPSA) is 392 Å². The molecule has 0 bridgehead atoms. The van der Waals surface area contributed by atoms with Gasteiger partial charge < -0.3 is 46.6 Å². The average Bonchev–Trinajstić information content (AvgIpc) is 0.759. The predicted octanol–water partition coefficient (Wildman–Crippen LogP) is 18.3. The number of aryl methyl sites for hydroxylation is 7. The van der Waals surface area contributed by atoms with Crippen LogP contribution in [0.4, 0.5) is 69.7 Å². The van der Waals surface area contributed by atoms with Crippen molar-refractivity contribution in [2.75, 3.05) is 17.2 Å². The molecule has 132 heavy (non-hydrogen) atoms. The van der Waals surface area contributed by atoms with Gasteiger partial charge in [0.25, 0.3) is 11.1 Å². The molecule has 49 heteroatoms. The predicted molar refractivity (Wildman–Crippen MR) is 487 cm³/mol. The van der Waals surface area contributed by atoms with Crippen molar-refractivity contribution in [1.29, 1.82) is 0 Å². The number of rotatable bonds is 13. The maximum atomic E-state index is 15.4. The molecule has 0 saturated carbocycles. The number of anilines is 3. The minimum atomic E-state index is -2.90. The number of esters is 1. The second-order valence-corrected chi connectivity index (χ2v) is 46.5. The molecule has 1 aliphatic rings. The van der Waals surface area contributed by atoms with E-state index in [0.29, 0.717) is 64.5 Å². The van der Waals surface area contributed by atoms with Crippen LogP contribution in [0.5, 0.6) is 17.2 Å². The third kappa shape index (κ3) is 32.4. The van der Waals surface area contributed by atoms with Gasteiger partial charge in [0.15, 0.2) is 60.7 Å². The van der Waals surface area contributed by atoms with Crippen molar-refractivity contribution in [3.63, 3.8) is 0 Å². The van der Waals surface area contributed by atoms with Gasteiger partial charge in [-0.3, -0.25) is 33.5 Å². The second-order valence-electron chi connectivity index (χ2n) is 28.7. The Bertz CT molecular complexity index is 6310. The van der Waals surface area contributed by atoms with E-state index >= 15 is 4.39 Å². The molecular formula is C83H78BCl7F12IN15O12Sn. The molecule has 0 unspecified atom stereocenters. The fourth-order valence-electron chi connectivity index (χ4n) is 10.6. The Morgan fingerprint density at radius 2 is 0.924 bits per heavy atom. The second kappa shape index (κ2) is 50.5. The van der Waals surface area contributed by atoms with Crippen LogP contribution in [0.25, 0.3) is 17.1 Å². The average molecular weight is 2210 g/mol. The summed E-state index contributed by atoms with van der Waals surface area (Å²) in [6.07, 6.45) is 12.5. The number of halogens is 20. The molecule has 1 aliphatic heterocycles. The van der Waals surface area contributed by atoms with Gasteiger partial charge in [0, 0.05) is 86.6 Å². The van der Waals surface area contributed by atoms with Gasteiger partial charge in [-0.25, -0.2) is 73.6 Å². The van der Waals surface area contributed by atoms with Crippen LogP contribution in [0.1, 0.15) is 83.6 Å². The Labute approximate surface area is 798 Å². The largest absolute Gasteiger partial charge is 0.508 e. The summed E-state index contributed by atoms with van der Waals surface area (Å²) in [7, 11) is -1.17. The third-order valence-corrected chi connectivity index (χ3v) is 24.3. The first-order valence-electron chi connectivity index (χ1n) is 37.4. The summed E-state index contributed by atoms with van der Waals surface area (Å²) in [5.41, 5.74) is 17.2. The van der Waals surface area contributed by atoms with Crippen molar-refractivity contribution >= 4 is 162 Å². The Balaban J connectivity index is 0.000000277. The number of cyclic esters (lactones) is 1. The van der Waals surface area contributed by atoms with Gasteiger partial charge in [-0.2, -0.15) is 0 Å². The van der Waals surface area contributed by atoms with Crippen LogP contribution in [0.2, 0.25) is 52.4 Å². The van der Waals surface area contributed by atoms with Crippen LogP contribution in [-0.2, 0) is 38.2 Å². The first-order chi connectivity index (χ1) is 61.4. The number of hydrogen-bond donors (Lipinski definition) is 6. The summed E-state index contributed by atoms with van der Waals surface area (Å²) in [5.74, 6) is -9.93. The van der Waals surface area contributed by atoms with E-state index in [1.165, 1.54) is 79.6 Å². The van der Waals surface area contributed by atoms with E-state index < -0.39 is 124 Å². The molecule has 0 saturated heterocycles. The molecule has 9 N–H and O–H groups in total. The monoisotopic (exact) mass is 2210 g/mol. The summed E-state index contributed by atoms with van der Waals surface area (Å²) in [6, 6.07) is 9.93. The van der Waals surface area contributed by atoms with Gasteiger partial charge in [0.05, 0.1) is 68.5 Å². The van der Waals surface area contributed by atoms with E-state index in [-0.39, 0.29) is 131 Å². The number of aromatic nitrogens is 12. The first kappa shape index (κ1) is 112. The molecule has 0 aromatic carbocycles.